The molecule has 2 aliphatic rings. The Bertz CT molecular complexity index is 441. The van der Waals surface area contributed by atoms with Crippen LogP contribution in [-0.2, 0) is 14.6 Å². The summed E-state index contributed by atoms with van der Waals surface area (Å²) < 4.78 is 23.1. The first-order chi connectivity index (χ1) is 9.39. The largest absolute Gasteiger partial charge is 0.349 e. The highest BCUT2D eigenvalue weighted by Gasteiger charge is 2.39. The van der Waals surface area contributed by atoms with E-state index in [-0.39, 0.29) is 17.4 Å². The van der Waals surface area contributed by atoms with Gasteiger partial charge in [-0.1, -0.05) is 19.3 Å². The number of hydrogen-bond donors (Lipinski definition) is 1. The molecule has 20 heavy (non-hydrogen) atoms. The van der Waals surface area contributed by atoms with E-state index in [9.17, 15) is 13.2 Å². The van der Waals surface area contributed by atoms with Crippen LogP contribution in [0.15, 0.2) is 0 Å². The molecule has 2 aliphatic heterocycles. The van der Waals surface area contributed by atoms with Crippen molar-refractivity contribution in [1.82, 2.24) is 10.2 Å². The Morgan fingerprint density at radius 2 is 1.75 bits per heavy atom. The molecule has 0 aromatic carbocycles. The molecule has 0 saturated carbocycles. The van der Waals surface area contributed by atoms with E-state index in [2.05, 4.69) is 10.2 Å². The minimum Gasteiger partial charge on any atom is -0.349 e. The first kappa shape index (κ1) is 15.8. The van der Waals surface area contributed by atoms with Gasteiger partial charge in [-0.2, -0.15) is 0 Å². The molecule has 0 unspecified atom stereocenters. The zero-order valence-corrected chi connectivity index (χ0v) is 13.2. The van der Waals surface area contributed by atoms with Crippen LogP contribution in [0.2, 0.25) is 0 Å². The Labute approximate surface area is 122 Å². The van der Waals surface area contributed by atoms with Crippen LogP contribution in [0.25, 0.3) is 0 Å². The van der Waals surface area contributed by atoms with Gasteiger partial charge in [0.15, 0.2) is 9.84 Å². The molecule has 5 nitrogen and oxygen atoms in total. The van der Waals surface area contributed by atoms with Gasteiger partial charge in [0.05, 0.1) is 23.6 Å². The van der Waals surface area contributed by atoms with Crippen molar-refractivity contribution < 1.29 is 13.2 Å². The van der Waals surface area contributed by atoms with Crippen molar-refractivity contribution in [2.45, 2.75) is 51.0 Å². The summed E-state index contributed by atoms with van der Waals surface area (Å²) >= 11 is 0. The van der Waals surface area contributed by atoms with Crippen molar-refractivity contribution in [2.24, 2.45) is 0 Å². The minimum atomic E-state index is -2.97. The third-order valence-corrected chi connectivity index (χ3v) is 6.16. The molecule has 1 atom stereocenters. The molecule has 0 aromatic heterocycles. The topological polar surface area (TPSA) is 66.5 Å². The van der Waals surface area contributed by atoms with E-state index in [4.69, 9.17) is 0 Å². The van der Waals surface area contributed by atoms with Crippen molar-refractivity contribution >= 4 is 15.7 Å². The second kappa shape index (κ2) is 6.43. The van der Waals surface area contributed by atoms with Gasteiger partial charge in [-0.05, 0) is 39.3 Å². The minimum absolute atomic E-state index is 0.0369. The number of nitrogens with zero attached hydrogens (tertiary/aromatic N) is 1. The van der Waals surface area contributed by atoms with E-state index in [1.54, 1.807) is 0 Å². The highest BCUT2D eigenvalue weighted by Crippen LogP contribution is 2.22. The van der Waals surface area contributed by atoms with E-state index < -0.39 is 15.4 Å². The molecule has 0 spiro atoms. The Balaban J connectivity index is 1.82. The number of nitrogens with one attached hydrogen (secondary N) is 1. The molecule has 2 heterocycles. The van der Waals surface area contributed by atoms with E-state index in [0.29, 0.717) is 13.0 Å². The highest BCUT2D eigenvalue weighted by atomic mass is 32.2. The van der Waals surface area contributed by atoms with Crippen LogP contribution in [0.5, 0.6) is 0 Å². The van der Waals surface area contributed by atoms with E-state index in [0.717, 1.165) is 25.9 Å². The Kier molecular flexibility index (Phi) is 5.07. The van der Waals surface area contributed by atoms with Gasteiger partial charge in [-0.3, -0.25) is 9.69 Å². The van der Waals surface area contributed by atoms with E-state index in [1.165, 1.54) is 19.3 Å². The summed E-state index contributed by atoms with van der Waals surface area (Å²) in [4.78, 5) is 14.3. The molecule has 2 saturated heterocycles. The fraction of sp³-hybridized carbons (Fsp3) is 0.929. The summed E-state index contributed by atoms with van der Waals surface area (Å²) in [6.07, 6.45) is 6.62. The van der Waals surface area contributed by atoms with Crippen molar-refractivity contribution in [3.63, 3.8) is 0 Å². The predicted molar refractivity (Wildman–Crippen MR) is 79.3 cm³/mol. The molecule has 2 rings (SSSR count). The molecule has 2 fully saturated rings. The number of likely N-dealkylation sites (tertiary alicyclic amines) is 1. The lowest BCUT2D eigenvalue weighted by atomic mass is 10.0. The van der Waals surface area contributed by atoms with Crippen molar-refractivity contribution in [3.8, 4) is 0 Å². The number of carbonyl (C=O) groups excluding carboxylic acids is 1. The summed E-state index contributed by atoms with van der Waals surface area (Å²) in [5.74, 6) is 0.226. The summed E-state index contributed by atoms with van der Waals surface area (Å²) in [5, 5.41) is 2.93. The molecular formula is C14H26N2O3S. The van der Waals surface area contributed by atoms with Gasteiger partial charge in [0.2, 0.25) is 5.91 Å². The van der Waals surface area contributed by atoms with Gasteiger partial charge in [0.1, 0.15) is 0 Å². The lowest BCUT2D eigenvalue weighted by molar-refractivity contribution is -0.123. The van der Waals surface area contributed by atoms with Crippen molar-refractivity contribution in [3.05, 3.63) is 0 Å². The van der Waals surface area contributed by atoms with Gasteiger partial charge < -0.3 is 5.32 Å². The number of sulfone groups is 1. The van der Waals surface area contributed by atoms with Gasteiger partial charge >= 0.3 is 0 Å². The van der Waals surface area contributed by atoms with Crippen molar-refractivity contribution in [2.75, 3.05) is 31.1 Å². The third kappa shape index (κ3) is 4.74. The predicted octanol–water partition coefficient (Wildman–Crippen LogP) is 0.946. The summed E-state index contributed by atoms with van der Waals surface area (Å²) in [7, 11) is -2.97. The lowest BCUT2D eigenvalue weighted by Crippen LogP contribution is -2.50. The second-order valence-corrected chi connectivity index (χ2v) is 8.68. The fourth-order valence-electron chi connectivity index (χ4n) is 3.16. The molecule has 0 aliphatic carbocycles. The average Bonchev–Trinajstić information content (AvgIpc) is 2.56. The summed E-state index contributed by atoms with van der Waals surface area (Å²) in [6, 6.07) is 0. The second-order valence-electron chi connectivity index (χ2n) is 6.49. The van der Waals surface area contributed by atoms with Crippen LogP contribution < -0.4 is 5.32 Å². The number of carbonyl (C=O) groups is 1. The Hall–Kier alpha value is -0.620. The molecule has 1 amide bonds. The maximum absolute atomic E-state index is 12.1. The monoisotopic (exact) mass is 302 g/mol. The molecule has 0 radical (unpaired) electrons. The molecule has 6 heteroatoms. The molecule has 116 valence electrons. The van der Waals surface area contributed by atoms with Gasteiger partial charge in [-0.15, -0.1) is 0 Å². The third-order valence-electron chi connectivity index (χ3n) is 4.26. The first-order valence-corrected chi connectivity index (χ1v) is 9.45. The lowest BCUT2D eigenvalue weighted by Gasteiger charge is -2.28. The van der Waals surface area contributed by atoms with Gasteiger partial charge in [0.25, 0.3) is 0 Å². The maximum atomic E-state index is 12.1. The van der Waals surface area contributed by atoms with E-state index in [1.807, 2.05) is 6.92 Å². The zero-order chi connectivity index (χ0) is 14.6. The smallest absolute Gasteiger partial charge is 0.234 e. The maximum Gasteiger partial charge on any atom is 0.234 e. The molecule has 0 bridgehead atoms. The van der Waals surface area contributed by atoms with E-state index >= 15 is 0 Å². The quantitative estimate of drug-likeness (QED) is 0.843. The van der Waals surface area contributed by atoms with Crippen LogP contribution in [0, 0.1) is 0 Å². The normalized spacial score (nSPS) is 31.4. The van der Waals surface area contributed by atoms with Crippen LogP contribution in [-0.4, -0.2) is 55.9 Å². The first-order valence-electron chi connectivity index (χ1n) is 7.62. The van der Waals surface area contributed by atoms with Gasteiger partial charge in [-0.25, -0.2) is 8.42 Å². The Morgan fingerprint density at radius 3 is 2.30 bits per heavy atom. The number of hydrogen-bond acceptors (Lipinski definition) is 4. The van der Waals surface area contributed by atoms with Crippen LogP contribution in [0.3, 0.4) is 0 Å². The summed E-state index contributed by atoms with van der Waals surface area (Å²) in [5.41, 5.74) is -0.571. The van der Waals surface area contributed by atoms with Crippen LogP contribution in [0.4, 0.5) is 0 Å². The standard InChI is InChI=1S/C14H26N2O3S/c1-14(7-10-20(18,19)12-14)15-13(17)11-16-8-5-3-2-4-6-9-16/h2-12H2,1H3,(H,15,17)/t14-/m0/s1. The molecular weight excluding hydrogens is 276 g/mol. The van der Waals surface area contributed by atoms with Crippen LogP contribution in [0.1, 0.15) is 45.4 Å². The van der Waals surface area contributed by atoms with Gasteiger partial charge in [0, 0.05) is 0 Å². The molecule has 1 N–H and O–H groups in total. The number of rotatable bonds is 3. The van der Waals surface area contributed by atoms with Crippen LogP contribution >= 0.6 is 0 Å². The van der Waals surface area contributed by atoms with Crippen molar-refractivity contribution in [1.29, 1.82) is 0 Å². The molecule has 0 aromatic rings. The Morgan fingerprint density at radius 1 is 1.15 bits per heavy atom. The zero-order valence-electron chi connectivity index (χ0n) is 12.4. The summed E-state index contributed by atoms with van der Waals surface area (Å²) in [6.45, 7) is 4.18. The number of amides is 1. The SMILES string of the molecule is C[C@]1(NC(=O)CN2CCCCCCC2)CCS(=O)(=O)C1. The average molecular weight is 302 g/mol. The highest BCUT2D eigenvalue weighted by molar-refractivity contribution is 7.91. The fourth-order valence-corrected chi connectivity index (χ4v) is 5.25.